The van der Waals surface area contributed by atoms with Crippen molar-refractivity contribution in [3.8, 4) is 0 Å². The molecule has 0 N–H and O–H groups in total. The Bertz CT molecular complexity index is 622. The van der Waals surface area contributed by atoms with Crippen LogP contribution in [0.4, 0.5) is 5.69 Å². The average molecular weight is 268 g/mol. The van der Waals surface area contributed by atoms with Gasteiger partial charge in [0.25, 0.3) is 10.0 Å². The molecule has 1 aliphatic rings. The summed E-state index contributed by atoms with van der Waals surface area (Å²) in [5.41, 5.74) is 0.342. The van der Waals surface area contributed by atoms with Crippen molar-refractivity contribution >= 4 is 27.5 Å². The van der Waals surface area contributed by atoms with Crippen LogP contribution in [-0.4, -0.2) is 38.7 Å². The smallest absolute Gasteiger partial charge is 0.313 e. The Morgan fingerprint density at radius 2 is 2.06 bits per heavy atom. The Labute approximate surface area is 105 Å². The van der Waals surface area contributed by atoms with Gasteiger partial charge in [0.1, 0.15) is 17.2 Å². The molecule has 1 aliphatic heterocycles. The maximum atomic E-state index is 12.2. The molecular formula is C11H12N2O4S. The lowest BCUT2D eigenvalue weighted by molar-refractivity contribution is -0.139. The van der Waals surface area contributed by atoms with Gasteiger partial charge in [0, 0.05) is 7.05 Å². The van der Waals surface area contributed by atoms with E-state index in [0.29, 0.717) is 5.69 Å². The first-order valence-electron chi connectivity index (χ1n) is 5.19. The number of rotatable bonds is 2. The molecule has 18 heavy (non-hydrogen) atoms. The summed E-state index contributed by atoms with van der Waals surface area (Å²) in [6.07, 6.45) is -0.180. The maximum absolute atomic E-state index is 12.2. The largest absolute Gasteiger partial charge is 0.469 e. The molecule has 1 aromatic rings. The van der Waals surface area contributed by atoms with Crippen molar-refractivity contribution in [2.45, 2.75) is 11.3 Å². The van der Waals surface area contributed by atoms with E-state index in [1.165, 1.54) is 20.2 Å². The molecule has 2 rings (SSSR count). The highest BCUT2D eigenvalue weighted by Crippen LogP contribution is 2.31. The van der Waals surface area contributed by atoms with E-state index in [1.54, 1.807) is 18.2 Å². The third-order valence-electron chi connectivity index (χ3n) is 2.65. The first kappa shape index (κ1) is 12.6. The van der Waals surface area contributed by atoms with E-state index in [4.69, 9.17) is 0 Å². The van der Waals surface area contributed by atoms with Gasteiger partial charge in [-0.15, -0.1) is 0 Å². The second-order valence-electron chi connectivity index (χ2n) is 3.72. The summed E-state index contributed by atoms with van der Waals surface area (Å²) in [6.45, 7) is 0. The molecule has 0 atom stereocenters. The highest BCUT2D eigenvalue weighted by atomic mass is 32.2. The lowest BCUT2D eigenvalue weighted by Gasteiger charge is -2.25. The fourth-order valence-corrected chi connectivity index (χ4v) is 2.92. The lowest BCUT2D eigenvalue weighted by Crippen LogP contribution is -2.37. The zero-order valence-electron chi connectivity index (χ0n) is 9.95. The number of benzene rings is 1. The molecule has 0 fully saturated rings. The number of para-hydroxylation sites is 1. The average Bonchev–Trinajstić information content (AvgIpc) is 2.36. The minimum absolute atomic E-state index is 0.140. The summed E-state index contributed by atoms with van der Waals surface area (Å²) in [4.78, 5) is 15.5. The van der Waals surface area contributed by atoms with Crippen molar-refractivity contribution in [3.63, 3.8) is 0 Å². The van der Waals surface area contributed by atoms with E-state index >= 15 is 0 Å². The van der Waals surface area contributed by atoms with E-state index < -0.39 is 16.0 Å². The van der Waals surface area contributed by atoms with Crippen molar-refractivity contribution in [1.29, 1.82) is 0 Å². The highest BCUT2D eigenvalue weighted by molar-refractivity contribution is 7.90. The molecule has 0 radical (unpaired) electrons. The van der Waals surface area contributed by atoms with Crippen LogP contribution in [0.2, 0.25) is 0 Å². The number of aliphatic imine (C=N–C) groups is 1. The molecule has 0 spiro atoms. The predicted molar refractivity (Wildman–Crippen MR) is 65.1 cm³/mol. The van der Waals surface area contributed by atoms with Crippen molar-refractivity contribution in [1.82, 2.24) is 4.31 Å². The fraction of sp³-hybridized carbons (Fsp3) is 0.273. The van der Waals surface area contributed by atoms with Gasteiger partial charge >= 0.3 is 5.97 Å². The highest BCUT2D eigenvalue weighted by Gasteiger charge is 2.31. The third-order valence-corrected chi connectivity index (χ3v) is 4.48. The molecular weight excluding hydrogens is 256 g/mol. The van der Waals surface area contributed by atoms with Gasteiger partial charge in [-0.1, -0.05) is 12.1 Å². The minimum atomic E-state index is -3.63. The summed E-state index contributed by atoms with van der Waals surface area (Å²) in [7, 11) is -1.02. The van der Waals surface area contributed by atoms with Crippen LogP contribution in [0.15, 0.2) is 34.2 Å². The van der Waals surface area contributed by atoms with E-state index in [1.807, 2.05) is 0 Å². The number of hydrogen-bond acceptors (Lipinski definition) is 5. The predicted octanol–water partition coefficient (Wildman–Crippen LogP) is 0.914. The Morgan fingerprint density at radius 3 is 2.72 bits per heavy atom. The molecule has 0 aliphatic carbocycles. The first-order chi connectivity index (χ1) is 8.46. The quantitative estimate of drug-likeness (QED) is 0.747. The van der Waals surface area contributed by atoms with Gasteiger partial charge < -0.3 is 4.74 Å². The van der Waals surface area contributed by atoms with Crippen LogP contribution in [-0.2, 0) is 19.6 Å². The number of methoxy groups -OCH3 is 1. The number of fused-ring (bicyclic) bond motifs is 1. The van der Waals surface area contributed by atoms with Gasteiger partial charge in [-0.2, -0.15) is 0 Å². The van der Waals surface area contributed by atoms with Gasteiger partial charge in [0.2, 0.25) is 0 Å². The lowest BCUT2D eigenvalue weighted by atomic mass is 10.3. The minimum Gasteiger partial charge on any atom is -0.469 e. The standard InChI is InChI=1S/C11H12N2O4S/c1-13-10(7-11(14)17-2)12-8-5-3-4-6-9(8)18(13,15)16/h3-6H,7H2,1-2H3. The molecule has 0 amide bonds. The normalized spacial score (nSPS) is 16.8. The van der Waals surface area contributed by atoms with E-state index in [0.717, 1.165) is 4.31 Å². The second kappa shape index (κ2) is 4.41. The van der Waals surface area contributed by atoms with Gasteiger partial charge in [-0.25, -0.2) is 13.4 Å². The topological polar surface area (TPSA) is 76.0 Å². The Kier molecular flexibility index (Phi) is 3.08. The second-order valence-corrected chi connectivity index (χ2v) is 5.66. The summed E-state index contributed by atoms with van der Waals surface area (Å²) >= 11 is 0. The van der Waals surface area contributed by atoms with Crippen LogP contribution < -0.4 is 0 Å². The number of carbonyl (C=O) groups excluding carboxylic acids is 1. The number of nitrogens with zero attached hydrogens (tertiary/aromatic N) is 2. The molecule has 0 bridgehead atoms. The Balaban J connectivity index is 2.52. The monoisotopic (exact) mass is 268 g/mol. The SMILES string of the molecule is COC(=O)CC1=Nc2ccccc2S(=O)(=O)N1C. The van der Waals surface area contributed by atoms with E-state index in [2.05, 4.69) is 9.73 Å². The van der Waals surface area contributed by atoms with Crippen molar-refractivity contribution < 1.29 is 17.9 Å². The Morgan fingerprint density at radius 1 is 1.39 bits per heavy atom. The number of ether oxygens (including phenoxy) is 1. The van der Waals surface area contributed by atoms with E-state index in [-0.39, 0.29) is 17.2 Å². The molecule has 0 aromatic heterocycles. The Hall–Kier alpha value is -1.89. The van der Waals surface area contributed by atoms with Crippen LogP contribution in [0, 0.1) is 0 Å². The molecule has 0 unspecified atom stereocenters. The van der Waals surface area contributed by atoms with E-state index in [9.17, 15) is 13.2 Å². The molecule has 6 nitrogen and oxygen atoms in total. The molecule has 0 saturated heterocycles. The summed E-state index contributed by atoms with van der Waals surface area (Å²) in [5, 5.41) is 0. The van der Waals surface area contributed by atoms with Gasteiger partial charge in [0.05, 0.1) is 12.8 Å². The summed E-state index contributed by atoms with van der Waals surface area (Å²) < 4.78 is 29.9. The number of hydrogen-bond donors (Lipinski definition) is 0. The summed E-state index contributed by atoms with van der Waals surface area (Å²) in [5.74, 6) is -0.379. The third kappa shape index (κ3) is 1.97. The number of sulfonamides is 1. The molecule has 7 heteroatoms. The number of esters is 1. The number of carbonyl (C=O) groups is 1. The molecule has 96 valence electrons. The number of amidine groups is 1. The maximum Gasteiger partial charge on any atom is 0.313 e. The van der Waals surface area contributed by atoms with Crippen LogP contribution >= 0.6 is 0 Å². The van der Waals surface area contributed by atoms with Crippen LogP contribution in [0.3, 0.4) is 0 Å². The van der Waals surface area contributed by atoms with Gasteiger partial charge in [-0.05, 0) is 12.1 Å². The summed E-state index contributed by atoms with van der Waals surface area (Å²) in [6, 6.07) is 6.40. The van der Waals surface area contributed by atoms with Crippen molar-refractivity contribution in [2.75, 3.05) is 14.2 Å². The van der Waals surface area contributed by atoms with Crippen LogP contribution in [0.1, 0.15) is 6.42 Å². The van der Waals surface area contributed by atoms with Crippen LogP contribution in [0.5, 0.6) is 0 Å². The molecule has 1 heterocycles. The zero-order chi connectivity index (χ0) is 13.3. The van der Waals surface area contributed by atoms with Crippen molar-refractivity contribution in [2.24, 2.45) is 4.99 Å². The van der Waals surface area contributed by atoms with Crippen molar-refractivity contribution in [3.05, 3.63) is 24.3 Å². The van der Waals surface area contributed by atoms with Crippen LogP contribution in [0.25, 0.3) is 0 Å². The molecule has 1 aromatic carbocycles. The van der Waals surface area contributed by atoms with Gasteiger partial charge in [0.15, 0.2) is 0 Å². The fourth-order valence-electron chi connectivity index (χ4n) is 1.62. The van der Waals surface area contributed by atoms with Gasteiger partial charge in [-0.3, -0.25) is 9.10 Å². The first-order valence-corrected chi connectivity index (χ1v) is 6.63. The molecule has 0 saturated carbocycles. The zero-order valence-corrected chi connectivity index (χ0v) is 10.8.